The van der Waals surface area contributed by atoms with E-state index in [1.165, 1.54) is 0 Å². The predicted molar refractivity (Wildman–Crippen MR) is 95.8 cm³/mol. The molecule has 0 saturated carbocycles. The third kappa shape index (κ3) is 3.83. The molecule has 2 aromatic carbocycles. The van der Waals surface area contributed by atoms with Crippen molar-refractivity contribution in [3.63, 3.8) is 0 Å². The van der Waals surface area contributed by atoms with Gasteiger partial charge in [0.05, 0.1) is 5.69 Å². The average Bonchev–Trinajstić information content (AvgIpc) is 2.61. The molecule has 0 radical (unpaired) electrons. The number of carbonyl (C=O) groups is 1. The summed E-state index contributed by atoms with van der Waals surface area (Å²) in [6.45, 7) is 1.05. The van der Waals surface area contributed by atoms with Crippen molar-refractivity contribution in [2.75, 3.05) is 24.8 Å². The van der Waals surface area contributed by atoms with Crippen molar-refractivity contribution in [1.82, 2.24) is 0 Å². The first-order valence-corrected chi connectivity index (χ1v) is 8.98. The lowest BCUT2D eigenvalue weighted by atomic mass is 10.0. The molecule has 1 atom stereocenters. The molecule has 2 aromatic rings. The van der Waals surface area contributed by atoms with Crippen molar-refractivity contribution in [2.24, 2.45) is 5.73 Å². The normalized spacial score (nSPS) is 14.1. The summed E-state index contributed by atoms with van der Waals surface area (Å²) >= 11 is 1.54. The number of hydrogen-bond donors (Lipinski definition) is 2. The fraction of sp³-hybridized carbons (Fsp3) is 0.278. The number of thioether (sulfide) groups is 1. The second-order valence-corrected chi connectivity index (χ2v) is 6.31. The summed E-state index contributed by atoms with van der Waals surface area (Å²) < 4.78 is 11.2. The number of rotatable bonds is 5. The monoisotopic (exact) mass is 344 g/mol. The van der Waals surface area contributed by atoms with Crippen LogP contribution in [0.15, 0.2) is 47.4 Å². The molecule has 0 aromatic heterocycles. The van der Waals surface area contributed by atoms with Crippen molar-refractivity contribution < 1.29 is 14.3 Å². The van der Waals surface area contributed by atoms with E-state index < -0.39 is 0 Å². The minimum absolute atomic E-state index is 0.127. The second kappa shape index (κ2) is 7.59. The zero-order chi connectivity index (χ0) is 16.9. The van der Waals surface area contributed by atoms with E-state index in [2.05, 4.69) is 5.32 Å². The van der Waals surface area contributed by atoms with Crippen LogP contribution in [0.1, 0.15) is 18.0 Å². The Balaban J connectivity index is 1.72. The van der Waals surface area contributed by atoms with Crippen molar-refractivity contribution in [2.45, 2.75) is 17.4 Å². The van der Waals surface area contributed by atoms with Crippen LogP contribution in [0.2, 0.25) is 0 Å². The van der Waals surface area contributed by atoms with E-state index in [1.54, 1.807) is 11.8 Å². The Morgan fingerprint density at radius 1 is 1.21 bits per heavy atom. The molecule has 0 bridgehead atoms. The molecule has 1 amide bonds. The van der Waals surface area contributed by atoms with E-state index in [1.807, 2.05) is 48.7 Å². The van der Waals surface area contributed by atoms with Gasteiger partial charge in [-0.25, -0.2) is 0 Å². The zero-order valence-electron chi connectivity index (χ0n) is 13.5. The molecule has 0 saturated heterocycles. The Hall–Kier alpha value is -2.18. The van der Waals surface area contributed by atoms with Gasteiger partial charge in [0.25, 0.3) is 0 Å². The zero-order valence-corrected chi connectivity index (χ0v) is 14.3. The van der Waals surface area contributed by atoms with E-state index in [9.17, 15) is 4.79 Å². The molecule has 1 aliphatic rings. The molecule has 3 N–H and O–H groups in total. The summed E-state index contributed by atoms with van der Waals surface area (Å²) in [5, 5.41) is 2.94. The van der Waals surface area contributed by atoms with Gasteiger partial charge in [-0.2, -0.15) is 0 Å². The van der Waals surface area contributed by atoms with E-state index in [0.29, 0.717) is 24.7 Å². The number of hydrogen-bond acceptors (Lipinski definition) is 5. The highest BCUT2D eigenvalue weighted by Gasteiger charge is 2.18. The molecule has 0 spiro atoms. The third-order valence-corrected chi connectivity index (χ3v) is 4.55. The number of benzene rings is 2. The summed E-state index contributed by atoms with van der Waals surface area (Å²) in [5.74, 6) is 1.24. The highest BCUT2D eigenvalue weighted by atomic mass is 32.2. The van der Waals surface area contributed by atoms with Gasteiger partial charge in [0, 0.05) is 23.4 Å². The smallest absolute Gasteiger partial charge is 0.226 e. The maximum atomic E-state index is 12.4. The molecule has 1 heterocycles. The van der Waals surface area contributed by atoms with Crippen LogP contribution in [-0.2, 0) is 4.79 Å². The first-order chi connectivity index (χ1) is 11.7. The highest BCUT2D eigenvalue weighted by molar-refractivity contribution is 7.98. The summed E-state index contributed by atoms with van der Waals surface area (Å²) in [5.41, 5.74) is 7.78. The summed E-state index contributed by atoms with van der Waals surface area (Å²) in [4.78, 5) is 13.3. The fourth-order valence-electron chi connectivity index (χ4n) is 2.56. The van der Waals surface area contributed by atoms with Crippen LogP contribution in [0.3, 0.4) is 0 Å². The lowest BCUT2D eigenvalue weighted by Crippen LogP contribution is -2.21. The summed E-state index contributed by atoms with van der Waals surface area (Å²) in [6, 6.07) is 13.0. The van der Waals surface area contributed by atoms with Gasteiger partial charge < -0.3 is 20.5 Å². The van der Waals surface area contributed by atoms with E-state index in [0.717, 1.165) is 16.1 Å². The molecule has 6 heteroatoms. The van der Waals surface area contributed by atoms with Crippen LogP contribution in [0.4, 0.5) is 5.69 Å². The number of nitrogens with two attached hydrogens (primary N) is 1. The molecule has 24 heavy (non-hydrogen) atoms. The SMILES string of the molecule is CSc1cc2c(cc1NC(=O)CC(N)c1ccccc1)OCCO2. The van der Waals surface area contributed by atoms with Gasteiger partial charge in [-0.05, 0) is 17.9 Å². The van der Waals surface area contributed by atoms with Crippen molar-refractivity contribution in [3.05, 3.63) is 48.0 Å². The molecular weight excluding hydrogens is 324 g/mol. The quantitative estimate of drug-likeness (QED) is 0.815. The Bertz CT molecular complexity index is 722. The molecule has 0 fully saturated rings. The van der Waals surface area contributed by atoms with Crippen LogP contribution in [0.5, 0.6) is 11.5 Å². The van der Waals surface area contributed by atoms with Crippen LogP contribution < -0.4 is 20.5 Å². The minimum atomic E-state index is -0.332. The number of anilines is 1. The average molecular weight is 344 g/mol. The van der Waals surface area contributed by atoms with Crippen LogP contribution in [0.25, 0.3) is 0 Å². The summed E-state index contributed by atoms with van der Waals surface area (Å²) in [6.07, 6.45) is 2.17. The number of ether oxygens (including phenoxy) is 2. The highest BCUT2D eigenvalue weighted by Crippen LogP contribution is 2.39. The van der Waals surface area contributed by atoms with Crippen molar-refractivity contribution in [3.8, 4) is 11.5 Å². The standard InChI is InChI=1S/C18H20N2O3S/c1-24-17-11-16-15(22-7-8-23-16)10-14(17)20-18(21)9-13(19)12-5-3-2-4-6-12/h2-6,10-11,13H,7-9,19H2,1H3,(H,20,21). The molecular formula is C18H20N2O3S. The molecule has 1 unspecified atom stereocenters. The number of amides is 1. The molecule has 126 valence electrons. The predicted octanol–water partition coefficient (Wildman–Crippen LogP) is 3.21. The first-order valence-electron chi connectivity index (χ1n) is 7.75. The maximum Gasteiger partial charge on any atom is 0.226 e. The number of nitrogens with one attached hydrogen (secondary N) is 1. The van der Waals surface area contributed by atoms with Gasteiger partial charge in [0.15, 0.2) is 11.5 Å². The Morgan fingerprint density at radius 3 is 2.54 bits per heavy atom. The number of fused-ring (bicyclic) bond motifs is 1. The Kier molecular flexibility index (Phi) is 5.27. The maximum absolute atomic E-state index is 12.4. The van der Waals surface area contributed by atoms with Crippen molar-refractivity contribution >= 4 is 23.4 Å². The van der Waals surface area contributed by atoms with Gasteiger partial charge in [0.2, 0.25) is 5.91 Å². The first kappa shape index (κ1) is 16.7. The van der Waals surface area contributed by atoms with Gasteiger partial charge in [0.1, 0.15) is 13.2 Å². The third-order valence-electron chi connectivity index (χ3n) is 3.77. The minimum Gasteiger partial charge on any atom is -0.486 e. The van der Waals surface area contributed by atoms with E-state index in [-0.39, 0.29) is 18.4 Å². The van der Waals surface area contributed by atoms with Gasteiger partial charge >= 0.3 is 0 Å². The van der Waals surface area contributed by atoms with Gasteiger partial charge in [-0.1, -0.05) is 30.3 Å². The van der Waals surface area contributed by atoms with Gasteiger partial charge in [-0.15, -0.1) is 11.8 Å². The molecule has 3 rings (SSSR count). The largest absolute Gasteiger partial charge is 0.486 e. The Morgan fingerprint density at radius 2 is 1.88 bits per heavy atom. The van der Waals surface area contributed by atoms with Gasteiger partial charge in [-0.3, -0.25) is 4.79 Å². The van der Waals surface area contributed by atoms with Crippen LogP contribution in [-0.4, -0.2) is 25.4 Å². The lowest BCUT2D eigenvalue weighted by Gasteiger charge is -2.21. The topological polar surface area (TPSA) is 73.6 Å². The molecule has 5 nitrogen and oxygen atoms in total. The fourth-order valence-corrected chi connectivity index (χ4v) is 3.11. The molecule has 0 aliphatic carbocycles. The lowest BCUT2D eigenvalue weighted by molar-refractivity contribution is -0.116. The second-order valence-electron chi connectivity index (χ2n) is 5.47. The van der Waals surface area contributed by atoms with E-state index >= 15 is 0 Å². The number of carbonyl (C=O) groups excluding carboxylic acids is 1. The van der Waals surface area contributed by atoms with E-state index in [4.69, 9.17) is 15.2 Å². The van der Waals surface area contributed by atoms with Crippen molar-refractivity contribution in [1.29, 1.82) is 0 Å². The molecule has 1 aliphatic heterocycles. The summed E-state index contributed by atoms with van der Waals surface area (Å²) in [7, 11) is 0. The van der Waals surface area contributed by atoms with Crippen LogP contribution in [0, 0.1) is 0 Å². The van der Waals surface area contributed by atoms with Crippen LogP contribution >= 0.6 is 11.8 Å². The Labute approximate surface area is 145 Å².